The van der Waals surface area contributed by atoms with E-state index in [0.717, 1.165) is 12.8 Å². The summed E-state index contributed by atoms with van der Waals surface area (Å²) in [5.74, 6) is -1.53. The Morgan fingerprint density at radius 1 is 1.41 bits per heavy atom. The number of nitrogens with two attached hydrogens (primary N) is 1. The summed E-state index contributed by atoms with van der Waals surface area (Å²) in [7, 11) is 0. The number of carbonyl (C=O) groups is 3. The van der Waals surface area contributed by atoms with Gasteiger partial charge in [0.25, 0.3) is 5.91 Å². The van der Waals surface area contributed by atoms with Crippen molar-refractivity contribution in [3.05, 3.63) is 0 Å². The summed E-state index contributed by atoms with van der Waals surface area (Å²) in [6, 6.07) is -0.726. The highest BCUT2D eigenvalue weighted by atomic mass is 16.2. The minimum atomic E-state index is -0.873. The van der Waals surface area contributed by atoms with Crippen LogP contribution in [0.1, 0.15) is 25.7 Å². The lowest BCUT2D eigenvalue weighted by atomic mass is 9.96. The number of amides is 2. The first kappa shape index (κ1) is 12.0. The monoisotopic (exact) mass is 239 g/mol. The van der Waals surface area contributed by atoms with Crippen molar-refractivity contribution < 1.29 is 14.4 Å². The largest absolute Gasteiger partial charge is 0.356 e. The van der Waals surface area contributed by atoms with Crippen molar-refractivity contribution in [2.24, 2.45) is 11.7 Å². The van der Waals surface area contributed by atoms with Crippen molar-refractivity contribution in [3.8, 4) is 0 Å². The Bertz CT molecular complexity index is 352. The molecule has 0 spiro atoms. The normalized spacial score (nSPS) is 25.2. The van der Waals surface area contributed by atoms with Gasteiger partial charge in [-0.05, 0) is 25.7 Å². The molecule has 2 amide bonds. The van der Waals surface area contributed by atoms with E-state index in [4.69, 9.17) is 5.73 Å². The summed E-state index contributed by atoms with van der Waals surface area (Å²) in [6.07, 6.45) is 2.80. The Kier molecular flexibility index (Phi) is 3.42. The predicted molar refractivity (Wildman–Crippen MR) is 59.9 cm³/mol. The van der Waals surface area contributed by atoms with Gasteiger partial charge in [-0.2, -0.15) is 0 Å². The van der Waals surface area contributed by atoms with Crippen molar-refractivity contribution in [1.29, 1.82) is 0 Å². The van der Waals surface area contributed by atoms with E-state index in [2.05, 4.69) is 10.6 Å². The third-order valence-electron chi connectivity index (χ3n) is 3.17. The zero-order valence-corrected chi connectivity index (χ0v) is 9.57. The highest BCUT2D eigenvalue weighted by Crippen LogP contribution is 2.19. The number of rotatable bonds is 5. The van der Waals surface area contributed by atoms with Gasteiger partial charge in [0.1, 0.15) is 0 Å². The molecule has 1 aliphatic carbocycles. The number of hydrogen-bond acceptors (Lipinski definition) is 4. The fraction of sp³-hybridized carbons (Fsp3) is 0.727. The molecular formula is C11H17N3O3. The second-order valence-electron chi connectivity index (χ2n) is 4.73. The maximum absolute atomic E-state index is 11.6. The molecule has 1 heterocycles. The molecule has 17 heavy (non-hydrogen) atoms. The number of Topliss-reactive ketones (excluding diaryl/α,β-unsaturated/α-hetero) is 1. The molecule has 4 N–H and O–H groups in total. The number of nitrogens with one attached hydrogen (secondary N) is 2. The molecule has 2 atom stereocenters. The van der Waals surface area contributed by atoms with Gasteiger partial charge in [-0.15, -0.1) is 0 Å². The van der Waals surface area contributed by atoms with Gasteiger partial charge in [0.15, 0.2) is 0 Å². The first-order chi connectivity index (χ1) is 8.08. The lowest BCUT2D eigenvalue weighted by Gasteiger charge is -2.13. The van der Waals surface area contributed by atoms with E-state index in [1.54, 1.807) is 0 Å². The molecule has 0 aromatic carbocycles. The topological polar surface area (TPSA) is 101 Å². The molecule has 2 aliphatic rings. The highest BCUT2D eigenvalue weighted by Gasteiger charge is 2.32. The third kappa shape index (κ3) is 3.03. The lowest BCUT2D eigenvalue weighted by Crippen LogP contribution is -2.44. The first-order valence-electron chi connectivity index (χ1n) is 5.96. The lowest BCUT2D eigenvalue weighted by molar-refractivity contribution is -0.139. The van der Waals surface area contributed by atoms with Crippen LogP contribution in [-0.2, 0) is 14.4 Å². The van der Waals surface area contributed by atoms with Crippen molar-refractivity contribution in [2.45, 2.75) is 37.8 Å². The standard InChI is InChI=1S/C11H17N3O3/c12-8(5-6-3-4-13-10(6)16)9(15)11(17)14-7-1-2-7/h6-8H,1-5,12H2,(H,13,16)(H,14,17). The summed E-state index contributed by atoms with van der Waals surface area (Å²) >= 11 is 0. The van der Waals surface area contributed by atoms with E-state index in [-0.39, 0.29) is 24.3 Å². The van der Waals surface area contributed by atoms with Crippen LogP contribution in [0.3, 0.4) is 0 Å². The summed E-state index contributed by atoms with van der Waals surface area (Å²) in [5.41, 5.74) is 5.67. The SMILES string of the molecule is NC(CC1CCNC1=O)C(=O)C(=O)NC1CC1. The van der Waals surface area contributed by atoms with Gasteiger partial charge in [-0.3, -0.25) is 14.4 Å². The average molecular weight is 239 g/mol. The van der Waals surface area contributed by atoms with Crippen LogP contribution in [0.4, 0.5) is 0 Å². The number of carbonyl (C=O) groups excluding carboxylic acids is 3. The molecule has 0 aromatic heterocycles. The quantitative estimate of drug-likeness (QED) is 0.518. The minimum Gasteiger partial charge on any atom is -0.356 e. The minimum absolute atomic E-state index is 0.0733. The van der Waals surface area contributed by atoms with Crippen LogP contribution in [-0.4, -0.2) is 36.2 Å². The summed E-state index contributed by atoms with van der Waals surface area (Å²) in [6.45, 7) is 0.624. The van der Waals surface area contributed by atoms with Gasteiger partial charge >= 0.3 is 0 Å². The fourth-order valence-corrected chi connectivity index (χ4v) is 1.94. The van der Waals surface area contributed by atoms with E-state index in [1.807, 2.05) is 0 Å². The van der Waals surface area contributed by atoms with Gasteiger partial charge in [-0.1, -0.05) is 0 Å². The van der Waals surface area contributed by atoms with Crippen LogP contribution in [0.15, 0.2) is 0 Å². The second kappa shape index (κ2) is 4.83. The van der Waals surface area contributed by atoms with Crippen LogP contribution >= 0.6 is 0 Å². The van der Waals surface area contributed by atoms with Crippen molar-refractivity contribution in [1.82, 2.24) is 10.6 Å². The van der Waals surface area contributed by atoms with Crippen molar-refractivity contribution in [2.75, 3.05) is 6.54 Å². The summed E-state index contributed by atoms with van der Waals surface area (Å²) in [5, 5.41) is 5.28. The van der Waals surface area contributed by atoms with Gasteiger partial charge in [0, 0.05) is 18.5 Å². The molecule has 1 aliphatic heterocycles. The van der Waals surface area contributed by atoms with Gasteiger partial charge < -0.3 is 16.4 Å². The molecule has 6 heteroatoms. The zero-order chi connectivity index (χ0) is 12.4. The molecule has 0 aromatic rings. The van der Waals surface area contributed by atoms with Crippen LogP contribution in [0.2, 0.25) is 0 Å². The maximum Gasteiger partial charge on any atom is 0.289 e. The van der Waals surface area contributed by atoms with Crippen LogP contribution in [0.5, 0.6) is 0 Å². The summed E-state index contributed by atoms with van der Waals surface area (Å²) < 4.78 is 0. The number of ketones is 1. The van der Waals surface area contributed by atoms with E-state index in [1.165, 1.54) is 0 Å². The Balaban J connectivity index is 1.81. The molecule has 6 nitrogen and oxygen atoms in total. The van der Waals surface area contributed by atoms with Crippen LogP contribution in [0.25, 0.3) is 0 Å². The van der Waals surface area contributed by atoms with Crippen molar-refractivity contribution in [3.63, 3.8) is 0 Å². The Hall–Kier alpha value is -1.43. The number of hydrogen-bond donors (Lipinski definition) is 3. The Labute approximate surface area is 99.3 Å². The van der Waals surface area contributed by atoms with E-state index in [0.29, 0.717) is 13.0 Å². The molecule has 0 radical (unpaired) electrons. The Morgan fingerprint density at radius 2 is 2.12 bits per heavy atom. The van der Waals surface area contributed by atoms with E-state index in [9.17, 15) is 14.4 Å². The molecule has 1 saturated carbocycles. The van der Waals surface area contributed by atoms with Gasteiger partial charge in [0.05, 0.1) is 6.04 Å². The molecule has 2 unspecified atom stereocenters. The van der Waals surface area contributed by atoms with E-state index >= 15 is 0 Å². The fourth-order valence-electron chi connectivity index (χ4n) is 1.94. The average Bonchev–Trinajstić information content (AvgIpc) is 3.02. The smallest absolute Gasteiger partial charge is 0.289 e. The van der Waals surface area contributed by atoms with Gasteiger partial charge in [-0.25, -0.2) is 0 Å². The first-order valence-corrected chi connectivity index (χ1v) is 5.96. The highest BCUT2D eigenvalue weighted by molar-refractivity contribution is 6.38. The molecule has 94 valence electrons. The molecular weight excluding hydrogens is 222 g/mol. The van der Waals surface area contributed by atoms with Crippen LogP contribution in [0, 0.1) is 5.92 Å². The van der Waals surface area contributed by atoms with Crippen LogP contribution < -0.4 is 16.4 Å². The Morgan fingerprint density at radius 3 is 2.65 bits per heavy atom. The second-order valence-corrected chi connectivity index (χ2v) is 4.73. The maximum atomic E-state index is 11.6. The molecule has 2 rings (SSSR count). The van der Waals surface area contributed by atoms with E-state index < -0.39 is 17.7 Å². The third-order valence-corrected chi connectivity index (χ3v) is 3.17. The predicted octanol–water partition coefficient (Wildman–Crippen LogP) is -1.31. The van der Waals surface area contributed by atoms with Gasteiger partial charge in [0.2, 0.25) is 11.7 Å². The molecule has 2 fully saturated rings. The molecule has 0 bridgehead atoms. The zero-order valence-electron chi connectivity index (χ0n) is 9.57. The molecule has 1 saturated heterocycles. The van der Waals surface area contributed by atoms with Crippen molar-refractivity contribution >= 4 is 17.6 Å². The summed E-state index contributed by atoms with van der Waals surface area (Å²) in [4.78, 5) is 34.4.